The number of thiazole rings is 1. The summed E-state index contributed by atoms with van der Waals surface area (Å²) in [4.78, 5) is 30.7. The first-order chi connectivity index (χ1) is 12.1. The number of anilines is 1. The lowest BCUT2D eigenvalue weighted by Crippen LogP contribution is -2.31. The Kier molecular flexibility index (Phi) is 3.73. The fraction of sp³-hybridized carbons (Fsp3) is 0.118. The van der Waals surface area contributed by atoms with Crippen LogP contribution in [0.5, 0.6) is 5.75 Å². The number of aromatic nitrogens is 2. The summed E-state index contributed by atoms with van der Waals surface area (Å²) in [5, 5.41) is 5.05. The molecule has 1 atom stereocenters. The normalized spacial score (nSPS) is 15.4. The lowest BCUT2D eigenvalue weighted by Gasteiger charge is -2.09. The van der Waals surface area contributed by atoms with E-state index in [0.29, 0.717) is 22.9 Å². The summed E-state index contributed by atoms with van der Waals surface area (Å²) in [7, 11) is 0. The molecule has 1 aliphatic rings. The first-order valence-corrected chi connectivity index (χ1v) is 8.47. The molecule has 0 aliphatic carbocycles. The molecule has 0 saturated carbocycles. The molecule has 0 spiro atoms. The lowest BCUT2D eigenvalue weighted by atomic mass is 10.1. The summed E-state index contributed by atoms with van der Waals surface area (Å²) >= 11 is 1.30. The number of H-pyrrole nitrogens is 1. The lowest BCUT2D eigenvalue weighted by molar-refractivity contribution is -0.122. The van der Waals surface area contributed by atoms with E-state index in [4.69, 9.17) is 10.5 Å². The molecule has 4 rings (SSSR count). The van der Waals surface area contributed by atoms with Gasteiger partial charge in [-0.05, 0) is 17.7 Å². The number of nitrogens with one attached hydrogen (secondary N) is 2. The number of benzene rings is 1. The minimum atomic E-state index is -0.557. The van der Waals surface area contributed by atoms with Gasteiger partial charge in [-0.2, -0.15) is 0 Å². The standard InChI is InChI=1S/C17H14N4O3S/c18-15(22)11-5-10(7-19-11)12-8-25-17(20-12)21-16(23)14-6-9-3-1-2-4-13(9)24-14/h1-5,7-8,14,19H,6H2,(H2,18,22)(H,20,21,23). The zero-order valence-electron chi connectivity index (χ0n) is 13.0. The molecular weight excluding hydrogens is 340 g/mol. The highest BCUT2D eigenvalue weighted by atomic mass is 32.1. The minimum absolute atomic E-state index is 0.232. The van der Waals surface area contributed by atoms with Crippen molar-refractivity contribution in [3.8, 4) is 17.0 Å². The maximum Gasteiger partial charge on any atom is 0.267 e. The van der Waals surface area contributed by atoms with E-state index in [1.807, 2.05) is 24.3 Å². The summed E-state index contributed by atoms with van der Waals surface area (Å²) in [6, 6.07) is 9.23. The van der Waals surface area contributed by atoms with E-state index < -0.39 is 12.0 Å². The first kappa shape index (κ1) is 15.4. The molecule has 0 fully saturated rings. The highest BCUT2D eigenvalue weighted by Gasteiger charge is 2.29. The van der Waals surface area contributed by atoms with Crippen molar-refractivity contribution in [1.82, 2.24) is 9.97 Å². The van der Waals surface area contributed by atoms with Gasteiger partial charge < -0.3 is 15.5 Å². The molecule has 3 aromatic rings. The number of hydrogen-bond acceptors (Lipinski definition) is 5. The Morgan fingerprint density at radius 1 is 1.36 bits per heavy atom. The van der Waals surface area contributed by atoms with E-state index >= 15 is 0 Å². The molecule has 0 radical (unpaired) electrons. The van der Waals surface area contributed by atoms with Crippen LogP contribution in [-0.4, -0.2) is 27.9 Å². The van der Waals surface area contributed by atoms with Crippen LogP contribution in [0, 0.1) is 0 Å². The second-order valence-electron chi connectivity index (χ2n) is 5.61. The Hall–Kier alpha value is -3.13. The Balaban J connectivity index is 1.44. The van der Waals surface area contributed by atoms with Crippen LogP contribution in [0.1, 0.15) is 16.1 Å². The van der Waals surface area contributed by atoms with Gasteiger partial charge in [-0.25, -0.2) is 4.98 Å². The van der Waals surface area contributed by atoms with Crippen LogP contribution in [0.3, 0.4) is 0 Å². The highest BCUT2D eigenvalue weighted by molar-refractivity contribution is 7.14. The van der Waals surface area contributed by atoms with Gasteiger partial charge in [0.15, 0.2) is 11.2 Å². The van der Waals surface area contributed by atoms with Gasteiger partial charge in [-0.15, -0.1) is 11.3 Å². The molecule has 8 heteroatoms. The van der Waals surface area contributed by atoms with Gasteiger partial charge in [0.05, 0.1) is 5.69 Å². The molecule has 1 aromatic carbocycles. The summed E-state index contributed by atoms with van der Waals surface area (Å²) in [6.45, 7) is 0. The number of hydrogen-bond donors (Lipinski definition) is 3. The third-order valence-corrected chi connectivity index (χ3v) is 4.68. The van der Waals surface area contributed by atoms with Gasteiger partial charge in [0.2, 0.25) is 0 Å². The molecule has 1 unspecified atom stereocenters. The van der Waals surface area contributed by atoms with Crippen molar-refractivity contribution in [2.75, 3.05) is 5.32 Å². The van der Waals surface area contributed by atoms with Crippen molar-refractivity contribution in [2.24, 2.45) is 5.73 Å². The van der Waals surface area contributed by atoms with Crippen molar-refractivity contribution in [1.29, 1.82) is 0 Å². The number of nitrogens with two attached hydrogens (primary N) is 1. The van der Waals surface area contributed by atoms with Gasteiger partial charge in [-0.3, -0.25) is 14.9 Å². The van der Waals surface area contributed by atoms with Crippen molar-refractivity contribution in [3.63, 3.8) is 0 Å². The van der Waals surface area contributed by atoms with Crippen LogP contribution < -0.4 is 15.8 Å². The molecule has 126 valence electrons. The average Bonchev–Trinajstić information content (AvgIpc) is 3.32. The van der Waals surface area contributed by atoms with Gasteiger partial charge >= 0.3 is 0 Å². The number of ether oxygens (including phenoxy) is 1. The molecule has 2 aromatic heterocycles. The molecule has 25 heavy (non-hydrogen) atoms. The van der Waals surface area contributed by atoms with Crippen LogP contribution in [0.25, 0.3) is 11.3 Å². The molecule has 1 aliphatic heterocycles. The van der Waals surface area contributed by atoms with Crippen LogP contribution >= 0.6 is 11.3 Å². The molecular formula is C17H14N4O3S. The van der Waals surface area contributed by atoms with Gasteiger partial charge in [0.25, 0.3) is 11.8 Å². The largest absolute Gasteiger partial charge is 0.480 e. The second-order valence-corrected chi connectivity index (χ2v) is 6.47. The van der Waals surface area contributed by atoms with E-state index in [1.165, 1.54) is 11.3 Å². The first-order valence-electron chi connectivity index (χ1n) is 7.59. The van der Waals surface area contributed by atoms with E-state index in [9.17, 15) is 9.59 Å². The Labute approximate surface area is 146 Å². The summed E-state index contributed by atoms with van der Waals surface area (Å²) in [5.41, 5.74) is 7.94. The van der Waals surface area contributed by atoms with Crippen molar-refractivity contribution in [2.45, 2.75) is 12.5 Å². The van der Waals surface area contributed by atoms with Crippen LogP contribution in [0.15, 0.2) is 41.9 Å². The molecule has 2 amide bonds. The number of primary amides is 1. The van der Waals surface area contributed by atoms with E-state index in [-0.39, 0.29) is 5.91 Å². The van der Waals surface area contributed by atoms with Crippen LogP contribution in [0.2, 0.25) is 0 Å². The number of nitrogens with zero attached hydrogens (tertiary/aromatic N) is 1. The quantitative estimate of drug-likeness (QED) is 0.667. The number of amides is 2. The van der Waals surface area contributed by atoms with Crippen LogP contribution in [-0.2, 0) is 11.2 Å². The summed E-state index contributed by atoms with van der Waals surface area (Å²) in [6.07, 6.45) is 1.63. The number of rotatable bonds is 4. The highest BCUT2D eigenvalue weighted by Crippen LogP contribution is 2.30. The van der Waals surface area contributed by atoms with Crippen molar-refractivity contribution >= 4 is 28.3 Å². The topological polar surface area (TPSA) is 110 Å². The van der Waals surface area contributed by atoms with E-state index in [1.54, 1.807) is 17.6 Å². The maximum absolute atomic E-state index is 12.4. The van der Waals surface area contributed by atoms with E-state index in [0.717, 1.165) is 16.9 Å². The molecule has 4 N–H and O–H groups in total. The number of fused-ring (bicyclic) bond motifs is 1. The van der Waals surface area contributed by atoms with Gasteiger partial charge in [0.1, 0.15) is 11.4 Å². The van der Waals surface area contributed by atoms with Crippen molar-refractivity contribution in [3.05, 3.63) is 53.2 Å². The molecule has 0 saturated heterocycles. The smallest absolute Gasteiger partial charge is 0.267 e. The number of carbonyl (C=O) groups is 2. The van der Waals surface area contributed by atoms with Crippen LogP contribution in [0.4, 0.5) is 5.13 Å². The number of carbonyl (C=O) groups excluding carboxylic acids is 2. The molecule has 0 bridgehead atoms. The predicted molar refractivity (Wildman–Crippen MR) is 93.6 cm³/mol. The maximum atomic E-state index is 12.4. The van der Waals surface area contributed by atoms with Gasteiger partial charge in [-0.1, -0.05) is 18.2 Å². The molecule has 7 nitrogen and oxygen atoms in total. The average molecular weight is 354 g/mol. The van der Waals surface area contributed by atoms with E-state index in [2.05, 4.69) is 15.3 Å². The Morgan fingerprint density at radius 2 is 2.20 bits per heavy atom. The Morgan fingerprint density at radius 3 is 2.96 bits per heavy atom. The summed E-state index contributed by atoms with van der Waals surface area (Å²) in [5.74, 6) is -0.0225. The zero-order valence-corrected chi connectivity index (χ0v) is 13.8. The SMILES string of the molecule is NC(=O)c1cc(-c2csc(NC(=O)C3Cc4ccccc4O3)n2)c[nH]1. The third-order valence-electron chi connectivity index (χ3n) is 3.92. The fourth-order valence-corrected chi connectivity index (χ4v) is 3.39. The summed E-state index contributed by atoms with van der Waals surface area (Å²) < 4.78 is 5.67. The third kappa shape index (κ3) is 2.99. The predicted octanol–water partition coefficient (Wildman–Crippen LogP) is 2.18. The van der Waals surface area contributed by atoms with Crippen molar-refractivity contribution < 1.29 is 14.3 Å². The fourth-order valence-electron chi connectivity index (χ4n) is 2.66. The minimum Gasteiger partial charge on any atom is -0.480 e. The number of aromatic amines is 1. The monoisotopic (exact) mass is 354 g/mol. The Bertz CT molecular complexity index is 937. The second kappa shape index (κ2) is 6.06. The molecule has 3 heterocycles. The van der Waals surface area contributed by atoms with Gasteiger partial charge in [0, 0.05) is 23.6 Å². The zero-order chi connectivity index (χ0) is 17.4. The number of para-hydroxylation sites is 1.